The molecule has 1 aromatic heterocycles. The van der Waals surface area contributed by atoms with Crippen LogP contribution in [-0.2, 0) is 5.60 Å². The number of hydrogen-bond donors (Lipinski definition) is 2. The predicted molar refractivity (Wildman–Crippen MR) is 80.0 cm³/mol. The van der Waals surface area contributed by atoms with Crippen molar-refractivity contribution in [2.75, 3.05) is 6.54 Å². The summed E-state index contributed by atoms with van der Waals surface area (Å²) in [5, 5.41) is 14.4. The van der Waals surface area contributed by atoms with Crippen molar-refractivity contribution in [3.63, 3.8) is 0 Å². The Hall–Kier alpha value is -2.45. The zero-order chi connectivity index (χ0) is 17.5. The summed E-state index contributed by atoms with van der Waals surface area (Å²) < 4.78 is 53.8. The summed E-state index contributed by atoms with van der Waals surface area (Å²) in [6, 6.07) is 9.28. The molecule has 0 amide bonds. The minimum Gasteiger partial charge on any atom is -0.375 e. The van der Waals surface area contributed by atoms with Crippen LogP contribution in [0.3, 0.4) is 0 Å². The molecule has 1 atom stereocenters. The van der Waals surface area contributed by atoms with Crippen molar-refractivity contribution in [2.45, 2.75) is 11.8 Å². The summed E-state index contributed by atoms with van der Waals surface area (Å²) in [7, 11) is 0. The highest BCUT2D eigenvalue weighted by atomic mass is 19.4. The Bertz CT molecular complexity index is 873. The molecule has 3 rings (SSSR count). The van der Waals surface area contributed by atoms with Crippen LogP contribution < -0.4 is 5.73 Å². The van der Waals surface area contributed by atoms with Gasteiger partial charge < -0.3 is 10.8 Å². The van der Waals surface area contributed by atoms with Crippen molar-refractivity contribution >= 4 is 10.9 Å². The molecular weight excluding hydrogens is 326 g/mol. The highest BCUT2D eigenvalue weighted by Crippen LogP contribution is 2.39. The highest BCUT2D eigenvalue weighted by Gasteiger charge is 2.54. The maximum Gasteiger partial charge on any atom is 0.422 e. The van der Waals surface area contributed by atoms with Gasteiger partial charge >= 0.3 is 6.18 Å². The van der Waals surface area contributed by atoms with Gasteiger partial charge in [0.1, 0.15) is 5.82 Å². The largest absolute Gasteiger partial charge is 0.422 e. The fourth-order valence-electron chi connectivity index (χ4n) is 2.48. The van der Waals surface area contributed by atoms with Crippen LogP contribution in [0.4, 0.5) is 17.6 Å². The number of aromatic nitrogens is 2. The third-order valence-electron chi connectivity index (χ3n) is 3.88. The predicted octanol–water partition coefficient (Wildman–Crippen LogP) is 2.87. The molecule has 0 aliphatic heterocycles. The molecule has 0 saturated carbocycles. The van der Waals surface area contributed by atoms with Gasteiger partial charge in [0, 0.05) is 11.9 Å². The van der Waals surface area contributed by atoms with Crippen molar-refractivity contribution in [3.8, 4) is 5.69 Å². The number of nitrogens with zero attached hydrogens (tertiary/aromatic N) is 2. The summed E-state index contributed by atoms with van der Waals surface area (Å²) >= 11 is 0. The van der Waals surface area contributed by atoms with E-state index in [1.165, 1.54) is 47.3 Å². The quantitative estimate of drug-likeness (QED) is 0.721. The van der Waals surface area contributed by atoms with Crippen molar-refractivity contribution in [1.29, 1.82) is 0 Å². The number of hydrogen-bond acceptors (Lipinski definition) is 3. The molecule has 2 aromatic carbocycles. The van der Waals surface area contributed by atoms with E-state index in [-0.39, 0.29) is 5.56 Å². The van der Waals surface area contributed by atoms with Crippen molar-refractivity contribution in [1.82, 2.24) is 9.78 Å². The van der Waals surface area contributed by atoms with Crippen LogP contribution in [0.15, 0.2) is 48.7 Å². The molecule has 3 aromatic rings. The maximum atomic E-state index is 13.1. The fraction of sp³-hybridized carbons (Fsp3) is 0.188. The van der Waals surface area contributed by atoms with Gasteiger partial charge in [-0.25, -0.2) is 9.07 Å². The van der Waals surface area contributed by atoms with E-state index in [1.807, 2.05) is 0 Å². The molecule has 0 spiro atoms. The molecule has 0 fully saturated rings. The SMILES string of the molecule is NCC(O)(c1ccc2c(cnn2-c2ccc(F)cc2)c1)C(F)(F)F. The zero-order valence-corrected chi connectivity index (χ0v) is 12.3. The van der Waals surface area contributed by atoms with E-state index in [9.17, 15) is 22.7 Å². The lowest BCUT2D eigenvalue weighted by molar-refractivity contribution is -0.262. The van der Waals surface area contributed by atoms with E-state index in [0.717, 1.165) is 6.07 Å². The molecule has 0 aliphatic carbocycles. The maximum absolute atomic E-state index is 13.1. The normalized spacial score (nSPS) is 14.8. The standard InChI is InChI=1S/C16H13F4N3O/c17-12-2-4-13(5-3-12)23-14-6-1-11(7-10(14)8-22-23)15(24,9-21)16(18,19)20/h1-8,24H,9,21H2. The van der Waals surface area contributed by atoms with Crippen molar-refractivity contribution in [3.05, 3.63) is 60.0 Å². The summed E-state index contributed by atoms with van der Waals surface area (Å²) in [4.78, 5) is 0. The second-order valence-corrected chi connectivity index (χ2v) is 5.37. The van der Waals surface area contributed by atoms with Crippen LogP contribution in [0, 0.1) is 5.82 Å². The van der Waals surface area contributed by atoms with E-state index in [4.69, 9.17) is 5.73 Å². The lowest BCUT2D eigenvalue weighted by Crippen LogP contribution is -2.48. The first-order chi connectivity index (χ1) is 11.3. The molecule has 0 bridgehead atoms. The van der Waals surface area contributed by atoms with E-state index in [2.05, 4.69) is 5.10 Å². The Kier molecular flexibility index (Phi) is 3.81. The van der Waals surface area contributed by atoms with Gasteiger partial charge in [-0.15, -0.1) is 0 Å². The number of aliphatic hydroxyl groups is 1. The third-order valence-corrected chi connectivity index (χ3v) is 3.88. The first-order valence-electron chi connectivity index (χ1n) is 6.99. The number of fused-ring (bicyclic) bond motifs is 1. The molecule has 0 radical (unpaired) electrons. The van der Waals surface area contributed by atoms with Crippen LogP contribution in [0.5, 0.6) is 0 Å². The molecule has 0 aliphatic rings. The number of rotatable bonds is 3. The Morgan fingerprint density at radius 3 is 2.33 bits per heavy atom. The average molecular weight is 339 g/mol. The average Bonchev–Trinajstić information content (AvgIpc) is 2.97. The van der Waals surface area contributed by atoms with Crippen LogP contribution in [0.25, 0.3) is 16.6 Å². The highest BCUT2D eigenvalue weighted by molar-refractivity contribution is 5.81. The molecular formula is C16H13F4N3O. The Morgan fingerprint density at radius 1 is 1.08 bits per heavy atom. The van der Waals surface area contributed by atoms with E-state index >= 15 is 0 Å². The molecule has 3 N–H and O–H groups in total. The van der Waals surface area contributed by atoms with Gasteiger partial charge in [0.2, 0.25) is 0 Å². The third kappa shape index (κ3) is 2.53. The number of nitrogens with two attached hydrogens (primary N) is 1. The molecule has 24 heavy (non-hydrogen) atoms. The Balaban J connectivity index is 2.10. The minimum absolute atomic E-state index is 0.358. The molecule has 1 heterocycles. The molecule has 4 nitrogen and oxygen atoms in total. The second kappa shape index (κ2) is 5.57. The van der Waals surface area contributed by atoms with Gasteiger partial charge in [-0.1, -0.05) is 6.07 Å². The van der Waals surface area contributed by atoms with Crippen molar-refractivity contribution < 1.29 is 22.7 Å². The molecule has 1 unspecified atom stereocenters. The lowest BCUT2D eigenvalue weighted by atomic mass is 9.92. The van der Waals surface area contributed by atoms with Crippen LogP contribution >= 0.6 is 0 Å². The van der Waals surface area contributed by atoms with Gasteiger partial charge in [-0.3, -0.25) is 0 Å². The fourth-order valence-corrected chi connectivity index (χ4v) is 2.48. The first kappa shape index (κ1) is 16.4. The Morgan fingerprint density at radius 2 is 1.75 bits per heavy atom. The minimum atomic E-state index is -4.90. The van der Waals surface area contributed by atoms with Gasteiger partial charge in [-0.05, 0) is 42.0 Å². The van der Waals surface area contributed by atoms with Crippen LogP contribution in [0.2, 0.25) is 0 Å². The molecule has 126 valence electrons. The number of alkyl halides is 3. The number of benzene rings is 2. The first-order valence-corrected chi connectivity index (χ1v) is 6.99. The summed E-state index contributed by atoms with van der Waals surface area (Å²) in [5.74, 6) is -0.407. The van der Waals surface area contributed by atoms with Gasteiger partial charge in [0.15, 0.2) is 5.60 Å². The number of halogens is 4. The summed E-state index contributed by atoms with van der Waals surface area (Å²) in [6.07, 6.45) is -3.53. The van der Waals surface area contributed by atoms with Crippen molar-refractivity contribution in [2.24, 2.45) is 5.73 Å². The second-order valence-electron chi connectivity index (χ2n) is 5.37. The van der Waals surface area contributed by atoms with E-state index in [0.29, 0.717) is 16.6 Å². The molecule has 8 heteroatoms. The van der Waals surface area contributed by atoms with Crippen LogP contribution in [-0.4, -0.2) is 27.6 Å². The van der Waals surface area contributed by atoms with E-state index < -0.39 is 24.1 Å². The van der Waals surface area contributed by atoms with E-state index in [1.54, 1.807) is 0 Å². The monoisotopic (exact) mass is 339 g/mol. The van der Waals surface area contributed by atoms with Gasteiger partial charge in [0.25, 0.3) is 0 Å². The topological polar surface area (TPSA) is 64.1 Å². The summed E-state index contributed by atoms with van der Waals surface area (Å²) in [6.45, 7) is -0.992. The molecule has 0 saturated heterocycles. The Labute approximate surface area is 134 Å². The summed E-state index contributed by atoms with van der Waals surface area (Å²) in [5.41, 5.74) is 2.75. The smallest absolute Gasteiger partial charge is 0.375 e. The van der Waals surface area contributed by atoms with Gasteiger partial charge in [-0.2, -0.15) is 18.3 Å². The lowest BCUT2D eigenvalue weighted by Gasteiger charge is -2.29. The zero-order valence-electron chi connectivity index (χ0n) is 12.3. The van der Waals surface area contributed by atoms with Gasteiger partial charge in [0.05, 0.1) is 17.4 Å². The van der Waals surface area contributed by atoms with Crippen LogP contribution in [0.1, 0.15) is 5.56 Å².